The summed E-state index contributed by atoms with van der Waals surface area (Å²) in [5.41, 5.74) is 0.759. The van der Waals surface area contributed by atoms with Crippen LogP contribution in [0.1, 0.15) is 32.4 Å². The lowest BCUT2D eigenvalue weighted by Gasteiger charge is -2.38. The number of hydrogen-bond acceptors (Lipinski definition) is 2. The number of carbonyl (C=O) groups is 1. The van der Waals surface area contributed by atoms with Crippen LogP contribution in [0.25, 0.3) is 0 Å². The van der Waals surface area contributed by atoms with Gasteiger partial charge in [-0.05, 0) is 38.5 Å². The number of amides is 2. The number of hydrogen-bond donors (Lipinski definition) is 1. The van der Waals surface area contributed by atoms with Crippen LogP contribution in [-0.2, 0) is 4.74 Å². The van der Waals surface area contributed by atoms with E-state index in [4.69, 9.17) is 16.3 Å². The lowest BCUT2D eigenvalue weighted by Crippen LogP contribution is -2.53. The van der Waals surface area contributed by atoms with E-state index in [1.807, 2.05) is 45.0 Å². The summed E-state index contributed by atoms with van der Waals surface area (Å²) in [5, 5.41) is 3.71. The van der Waals surface area contributed by atoms with E-state index in [2.05, 4.69) is 5.32 Å². The Morgan fingerprint density at radius 1 is 1.40 bits per heavy atom. The lowest BCUT2D eigenvalue weighted by molar-refractivity contribution is -0.0735. The second-order valence-electron chi connectivity index (χ2n) is 5.75. The second kappa shape index (κ2) is 6.02. The van der Waals surface area contributed by atoms with Gasteiger partial charge >= 0.3 is 6.03 Å². The fourth-order valence-corrected chi connectivity index (χ4v) is 2.43. The average Bonchev–Trinajstić information content (AvgIpc) is 2.38. The second-order valence-corrected chi connectivity index (χ2v) is 6.19. The zero-order chi connectivity index (χ0) is 14.8. The van der Waals surface area contributed by atoms with E-state index >= 15 is 0 Å². The molecule has 1 aromatic carbocycles. The van der Waals surface area contributed by atoms with E-state index in [-0.39, 0.29) is 17.7 Å². The van der Waals surface area contributed by atoms with Crippen molar-refractivity contribution in [3.63, 3.8) is 0 Å². The van der Waals surface area contributed by atoms with Crippen molar-refractivity contribution in [1.29, 1.82) is 0 Å². The van der Waals surface area contributed by atoms with Crippen LogP contribution >= 0.6 is 11.6 Å². The minimum atomic E-state index is -0.279. The van der Waals surface area contributed by atoms with Crippen molar-refractivity contribution in [2.24, 2.45) is 0 Å². The van der Waals surface area contributed by atoms with Crippen molar-refractivity contribution in [2.75, 3.05) is 19.7 Å². The van der Waals surface area contributed by atoms with Gasteiger partial charge in [-0.3, -0.25) is 0 Å². The molecule has 1 fully saturated rings. The Hall–Kier alpha value is -1.26. The average molecular weight is 297 g/mol. The molecule has 1 aliphatic rings. The highest BCUT2D eigenvalue weighted by Crippen LogP contribution is 2.19. The third-order valence-electron chi connectivity index (χ3n) is 3.42. The van der Waals surface area contributed by atoms with Crippen LogP contribution in [0.4, 0.5) is 4.79 Å². The molecule has 4 nitrogen and oxygen atoms in total. The molecule has 110 valence electrons. The molecule has 2 amide bonds. The van der Waals surface area contributed by atoms with E-state index in [0.717, 1.165) is 5.56 Å². The molecule has 0 aliphatic carbocycles. The van der Waals surface area contributed by atoms with Crippen LogP contribution in [0.2, 0.25) is 5.02 Å². The van der Waals surface area contributed by atoms with Crippen LogP contribution in [0.3, 0.4) is 0 Å². The molecule has 1 N–H and O–H groups in total. The molecular weight excluding hydrogens is 276 g/mol. The predicted molar refractivity (Wildman–Crippen MR) is 80.0 cm³/mol. The molecule has 1 unspecified atom stereocenters. The summed E-state index contributed by atoms with van der Waals surface area (Å²) < 4.78 is 5.61. The van der Waals surface area contributed by atoms with Crippen molar-refractivity contribution < 1.29 is 9.53 Å². The summed E-state index contributed by atoms with van der Waals surface area (Å²) >= 11 is 5.87. The first-order chi connectivity index (χ1) is 9.37. The van der Waals surface area contributed by atoms with Gasteiger partial charge in [0.15, 0.2) is 0 Å². The number of ether oxygens (including phenoxy) is 1. The first kappa shape index (κ1) is 15.1. The zero-order valence-electron chi connectivity index (χ0n) is 12.1. The Kier molecular flexibility index (Phi) is 4.55. The summed E-state index contributed by atoms with van der Waals surface area (Å²) in [6.45, 7) is 7.77. The summed E-state index contributed by atoms with van der Waals surface area (Å²) in [5.74, 6) is 0. The highest BCUT2D eigenvalue weighted by Gasteiger charge is 2.30. The summed E-state index contributed by atoms with van der Waals surface area (Å²) in [6, 6.07) is 7.41. The standard InChI is InChI=1S/C15H21ClN2O2/c1-11(12-4-6-13(16)7-5-12)17-14(19)18-8-9-20-15(2,3)10-18/h4-7,11H,8-10H2,1-3H3,(H,17,19). The van der Waals surface area contributed by atoms with Gasteiger partial charge in [0, 0.05) is 11.6 Å². The lowest BCUT2D eigenvalue weighted by atomic mass is 10.1. The molecule has 20 heavy (non-hydrogen) atoms. The largest absolute Gasteiger partial charge is 0.372 e. The van der Waals surface area contributed by atoms with E-state index in [9.17, 15) is 4.79 Å². The number of benzene rings is 1. The van der Waals surface area contributed by atoms with Gasteiger partial charge in [0.2, 0.25) is 0 Å². The number of rotatable bonds is 2. The van der Waals surface area contributed by atoms with Crippen molar-refractivity contribution in [2.45, 2.75) is 32.4 Å². The normalized spacial score (nSPS) is 19.5. The monoisotopic (exact) mass is 296 g/mol. The molecule has 1 atom stereocenters. The molecule has 1 saturated heterocycles. The Morgan fingerprint density at radius 3 is 2.65 bits per heavy atom. The molecule has 0 bridgehead atoms. The van der Waals surface area contributed by atoms with E-state index in [0.29, 0.717) is 24.7 Å². The minimum absolute atomic E-state index is 0.0503. The van der Waals surface area contributed by atoms with E-state index < -0.39 is 0 Å². The highest BCUT2D eigenvalue weighted by atomic mass is 35.5. The number of nitrogens with zero attached hydrogens (tertiary/aromatic N) is 1. The third-order valence-corrected chi connectivity index (χ3v) is 3.67. The topological polar surface area (TPSA) is 41.6 Å². The number of carbonyl (C=O) groups excluding carboxylic acids is 1. The summed E-state index contributed by atoms with van der Waals surface area (Å²) in [7, 11) is 0. The molecular formula is C15H21ClN2O2. The van der Waals surface area contributed by atoms with Gasteiger partial charge in [0.1, 0.15) is 0 Å². The Bertz CT molecular complexity index is 473. The fraction of sp³-hybridized carbons (Fsp3) is 0.533. The van der Waals surface area contributed by atoms with Crippen LogP contribution in [0.15, 0.2) is 24.3 Å². The van der Waals surface area contributed by atoms with Gasteiger partial charge in [-0.1, -0.05) is 23.7 Å². The number of urea groups is 1. The minimum Gasteiger partial charge on any atom is -0.372 e. The molecule has 0 saturated carbocycles. The van der Waals surface area contributed by atoms with Gasteiger partial charge in [0.25, 0.3) is 0 Å². The van der Waals surface area contributed by atoms with Gasteiger partial charge < -0.3 is 15.0 Å². The highest BCUT2D eigenvalue weighted by molar-refractivity contribution is 6.30. The third kappa shape index (κ3) is 3.87. The fourth-order valence-electron chi connectivity index (χ4n) is 2.30. The van der Waals surface area contributed by atoms with Gasteiger partial charge in [-0.2, -0.15) is 0 Å². The SMILES string of the molecule is CC(NC(=O)N1CCOC(C)(C)C1)c1ccc(Cl)cc1. The Balaban J connectivity index is 1.95. The van der Waals surface area contributed by atoms with E-state index in [1.54, 1.807) is 4.90 Å². The molecule has 1 heterocycles. The zero-order valence-corrected chi connectivity index (χ0v) is 12.9. The number of nitrogens with one attached hydrogen (secondary N) is 1. The molecule has 0 radical (unpaired) electrons. The molecule has 1 aromatic rings. The molecule has 5 heteroatoms. The smallest absolute Gasteiger partial charge is 0.318 e. The van der Waals surface area contributed by atoms with Crippen LogP contribution in [-0.4, -0.2) is 36.2 Å². The predicted octanol–water partition coefficient (Wildman–Crippen LogP) is 3.22. The Labute approximate surface area is 125 Å². The van der Waals surface area contributed by atoms with Crippen molar-refractivity contribution in [1.82, 2.24) is 10.2 Å². The first-order valence-electron chi connectivity index (χ1n) is 6.82. The maximum Gasteiger partial charge on any atom is 0.318 e. The maximum atomic E-state index is 12.3. The van der Waals surface area contributed by atoms with E-state index in [1.165, 1.54) is 0 Å². The van der Waals surface area contributed by atoms with Gasteiger partial charge in [-0.25, -0.2) is 4.79 Å². The van der Waals surface area contributed by atoms with Gasteiger partial charge in [0.05, 0.1) is 24.8 Å². The maximum absolute atomic E-state index is 12.3. The van der Waals surface area contributed by atoms with Crippen LogP contribution in [0.5, 0.6) is 0 Å². The number of halogens is 1. The number of morpholine rings is 1. The quantitative estimate of drug-likeness (QED) is 0.910. The summed E-state index contributed by atoms with van der Waals surface area (Å²) in [6.07, 6.45) is 0. The van der Waals surface area contributed by atoms with Crippen LogP contribution in [0, 0.1) is 0 Å². The van der Waals surface area contributed by atoms with Gasteiger partial charge in [-0.15, -0.1) is 0 Å². The van der Waals surface area contributed by atoms with Crippen molar-refractivity contribution in [3.8, 4) is 0 Å². The van der Waals surface area contributed by atoms with Crippen molar-refractivity contribution >= 4 is 17.6 Å². The first-order valence-corrected chi connectivity index (χ1v) is 7.20. The Morgan fingerprint density at radius 2 is 2.05 bits per heavy atom. The molecule has 0 aromatic heterocycles. The summed E-state index contributed by atoms with van der Waals surface area (Å²) in [4.78, 5) is 14.1. The molecule has 2 rings (SSSR count). The van der Waals surface area contributed by atoms with Crippen molar-refractivity contribution in [3.05, 3.63) is 34.9 Å². The molecule has 1 aliphatic heterocycles. The van der Waals surface area contributed by atoms with Crippen LogP contribution < -0.4 is 5.32 Å². The molecule has 0 spiro atoms.